The molecule has 43 heavy (non-hydrogen) atoms. The van der Waals surface area contributed by atoms with E-state index in [-0.39, 0.29) is 11.9 Å². The van der Waals surface area contributed by atoms with Crippen LogP contribution in [-0.4, -0.2) is 113 Å². The van der Waals surface area contributed by atoms with Crippen molar-refractivity contribution >= 4 is 28.8 Å². The van der Waals surface area contributed by atoms with Crippen LogP contribution in [0.25, 0.3) is 5.57 Å². The zero-order chi connectivity index (χ0) is 29.9. The van der Waals surface area contributed by atoms with E-state index in [1.165, 1.54) is 0 Å². The molecule has 2 saturated heterocycles. The van der Waals surface area contributed by atoms with Crippen molar-refractivity contribution in [3.63, 3.8) is 0 Å². The van der Waals surface area contributed by atoms with Crippen molar-refractivity contribution in [3.05, 3.63) is 65.2 Å². The lowest BCUT2D eigenvalue weighted by molar-refractivity contribution is -0.124. The van der Waals surface area contributed by atoms with Gasteiger partial charge in [0.05, 0.1) is 30.2 Å². The molecular formula is C32H43N9O2. The van der Waals surface area contributed by atoms with Crippen LogP contribution in [0.2, 0.25) is 0 Å². The maximum Gasteiger partial charge on any atom is 0.244 e. The molecule has 1 aromatic carbocycles. The molecule has 1 atom stereocenters. The van der Waals surface area contributed by atoms with Gasteiger partial charge in [0, 0.05) is 56.9 Å². The van der Waals surface area contributed by atoms with E-state index in [2.05, 4.69) is 72.5 Å². The molecule has 0 saturated carbocycles. The van der Waals surface area contributed by atoms with Gasteiger partial charge in [0.25, 0.3) is 0 Å². The third-order valence-corrected chi connectivity index (χ3v) is 8.99. The minimum atomic E-state index is -0.329. The lowest BCUT2D eigenvalue weighted by atomic mass is 9.99. The number of allylic oxidation sites excluding steroid dienone is 1. The number of anilines is 3. The number of piperazine rings is 1. The number of benzene rings is 1. The summed E-state index contributed by atoms with van der Waals surface area (Å²) < 4.78 is 7.53. The van der Waals surface area contributed by atoms with Gasteiger partial charge in [-0.1, -0.05) is 18.2 Å². The molecule has 11 nitrogen and oxygen atoms in total. The first-order valence-corrected chi connectivity index (χ1v) is 15.3. The van der Waals surface area contributed by atoms with Gasteiger partial charge in [-0.05, 0) is 76.1 Å². The minimum absolute atomic E-state index is 0.0289. The summed E-state index contributed by atoms with van der Waals surface area (Å²) in [5, 5.41) is 11.2. The number of ether oxygens (including phenoxy) is 1. The number of piperidine rings is 1. The number of nitrogens with one attached hydrogen (secondary N) is 2. The molecule has 228 valence electrons. The van der Waals surface area contributed by atoms with Crippen LogP contribution in [0, 0.1) is 6.92 Å². The van der Waals surface area contributed by atoms with Crippen LogP contribution < -0.4 is 10.6 Å². The van der Waals surface area contributed by atoms with Gasteiger partial charge in [0.2, 0.25) is 11.9 Å². The summed E-state index contributed by atoms with van der Waals surface area (Å²) in [5.41, 5.74) is 6.86. The third kappa shape index (κ3) is 6.50. The number of hydrogen-bond donors (Lipinski definition) is 2. The van der Waals surface area contributed by atoms with Crippen LogP contribution in [0.4, 0.5) is 17.3 Å². The number of methoxy groups -OCH3 is 1. The fourth-order valence-electron chi connectivity index (χ4n) is 6.33. The average Bonchev–Trinajstić information content (AvgIpc) is 3.66. The minimum Gasteiger partial charge on any atom is -0.383 e. The summed E-state index contributed by atoms with van der Waals surface area (Å²) in [5.74, 6) is 0.510. The van der Waals surface area contributed by atoms with Crippen LogP contribution in [0.1, 0.15) is 41.3 Å². The van der Waals surface area contributed by atoms with E-state index in [1.807, 2.05) is 31.5 Å². The number of amides is 1. The first kappa shape index (κ1) is 29.4. The zero-order valence-electron chi connectivity index (χ0n) is 25.7. The molecule has 11 heteroatoms. The second-order valence-electron chi connectivity index (χ2n) is 12.0. The Morgan fingerprint density at radius 3 is 2.60 bits per heavy atom. The van der Waals surface area contributed by atoms with Crippen molar-refractivity contribution in [2.75, 3.05) is 77.7 Å². The summed E-state index contributed by atoms with van der Waals surface area (Å²) in [4.78, 5) is 29.9. The molecular weight excluding hydrogens is 542 g/mol. The van der Waals surface area contributed by atoms with Gasteiger partial charge < -0.3 is 25.2 Å². The van der Waals surface area contributed by atoms with Gasteiger partial charge >= 0.3 is 0 Å². The monoisotopic (exact) mass is 585 g/mol. The zero-order valence-corrected chi connectivity index (χ0v) is 25.7. The van der Waals surface area contributed by atoms with E-state index in [1.54, 1.807) is 7.11 Å². The van der Waals surface area contributed by atoms with Crippen molar-refractivity contribution in [3.8, 4) is 0 Å². The number of likely N-dealkylation sites (tertiary alicyclic amines) is 1. The molecule has 2 aromatic heterocycles. The van der Waals surface area contributed by atoms with Crippen LogP contribution >= 0.6 is 0 Å². The fraction of sp³-hybridized carbons (Fsp3) is 0.500. The Morgan fingerprint density at radius 2 is 1.84 bits per heavy atom. The van der Waals surface area contributed by atoms with Crippen LogP contribution in [0.5, 0.6) is 0 Å². The van der Waals surface area contributed by atoms with E-state index < -0.39 is 0 Å². The molecule has 0 bridgehead atoms. The molecule has 3 aliphatic rings. The highest BCUT2D eigenvalue weighted by atomic mass is 16.5. The summed E-state index contributed by atoms with van der Waals surface area (Å²) in [7, 11) is 5.94. The van der Waals surface area contributed by atoms with Gasteiger partial charge in [-0.3, -0.25) is 14.4 Å². The van der Waals surface area contributed by atoms with Gasteiger partial charge in [-0.25, -0.2) is 9.97 Å². The Balaban J connectivity index is 1.17. The number of aryl methyl sites for hydroxylation is 1. The molecule has 3 aromatic rings. The summed E-state index contributed by atoms with van der Waals surface area (Å²) >= 11 is 0. The number of rotatable bonds is 9. The molecule has 0 radical (unpaired) electrons. The quantitative estimate of drug-likeness (QED) is 0.392. The average molecular weight is 586 g/mol. The molecule has 0 unspecified atom stereocenters. The Morgan fingerprint density at radius 1 is 1.07 bits per heavy atom. The number of likely N-dealkylation sites (N-methyl/N-ethyl adjacent to an activating group) is 1. The molecule has 6 rings (SSSR count). The first-order chi connectivity index (χ1) is 20.9. The van der Waals surface area contributed by atoms with Crippen molar-refractivity contribution in [2.24, 2.45) is 0 Å². The van der Waals surface area contributed by atoms with Crippen molar-refractivity contribution in [2.45, 2.75) is 38.3 Å². The molecule has 2 fully saturated rings. The van der Waals surface area contributed by atoms with Gasteiger partial charge in [-0.15, -0.1) is 0 Å². The predicted molar refractivity (Wildman–Crippen MR) is 169 cm³/mol. The molecule has 1 aliphatic carbocycles. The predicted octanol–water partition coefficient (Wildman–Crippen LogP) is 3.18. The second-order valence-corrected chi connectivity index (χ2v) is 12.0. The summed E-state index contributed by atoms with van der Waals surface area (Å²) in [6.45, 7) is 8.15. The number of carbonyl (C=O) groups excluding carboxylic acids is 1. The smallest absolute Gasteiger partial charge is 0.244 e. The maximum absolute atomic E-state index is 13.5. The van der Waals surface area contributed by atoms with Gasteiger partial charge in [-0.2, -0.15) is 5.10 Å². The highest BCUT2D eigenvalue weighted by molar-refractivity contribution is 5.97. The maximum atomic E-state index is 13.5. The number of aromatic nitrogens is 4. The van der Waals surface area contributed by atoms with Crippen LogP contribution in [-0.2, 0) is 16.0 Å². The summed E-state index contributed by atoms with van der Waals surface area (Å²) in [6.07, 6.45) is 10.9. The molecule has 4 heterocycles. The highest BCUT2D eigenvalue weighted by Gasteiger charge is 2.30. The lowest BCUT2D eigenvalue weighted by Gasteiger charge is -2.36. The number of carbonyl (C=O) groups is 1. The van der Waals surface area contributed by atoms with Gasteiger partial charge in [0.1, 0.15) is 6.04 Å². The molecule has 2 aliphatic heterocycles. The van der Waals surface area contributed by atoms with Crippen molar-refractivity contribution in [1.29, 1.82) is 0 Å². The van der Waals surface area contributed by atoms with Crippen molar-refractivity contribution in [1.82, 2.24) is 34.4 Å². The SMILES string of the molecule is COC[C@H](C(=O)Nc1cccc2c1CC=C2c1nc(Nc2cnn(C3CCN(C)CC3)c2)ncc1C)N1CCN(C)CC1. The highest BCUT2D eigenvalue weighted by Crippen LogP contribution is 2.37. The third-order valence-electron chi connectivity index (χ3n) is 8.99. The fourth-order valence-corrected chi connectivity index (χ4v) is 6.33. The summed E-state index contributed by atoms with van der Waals surface area (Å²) in [6, 6.07) is 6.19. The Labute approximate surface area is 253 Å². The molecule has 1 amide bonds. The van der Waals surface area contributed by atoms with E-state index in [4.69, 9.17) is 9.72 Å². The molecule has 0 spiro atoms. The van der Waals surface area contributed by atoms with Crippen LogP contribution in [0.3, 0.4) is 0 Å². The largest absolute Gasteiger partial charge is 0.383 e. The normalized spacial score (nSPS) is 19.2. The van der Waals surface area contributed by atoms with Crippen molar-refractivity contribution < 1.29 is 9.53 Å². The number of fused-ring (bicyclic) bond motifs is 1. The van der Waals surface area contributed by atoms with E-state index in [9.17, 15) is 4.79 Å². The second kappa shape index (κ2) is 12.9. The van der Waals surface area contributed by atoms with Gasteiger partial charge in [0.15, 0.2) is 0 Å². The Kier molecular flexibility index (Phi) is 8.85. The number of nitrogens with zero attached hydrogens (tertiary/aromatic N) is 7. The topological polar surface area (TPSA) is 104 Å². The van der Waals surface area contributed by atoms with E-state index in [0.29, 0.717) is 18.6 Å². The molecule has 2 N–H and O–H groups in total. The first-order valence-electron chi connectivity index (χ1n) is 15.3. The Hall–Kier alpha value is -3.64. The standard InChI is InChI=1S/C32H43N9O2/c1-22-18-33-32(35-23-19-34-41(20-23)24-10-12-38(2)13-11-24)37-30(22)27-9-8-26-25(27)6-5-7-28(26)36-31(42)29(21-43-4)40-16-14-39(3)15-17-40/h5-7,9,18-20,24,29H,8,10-17,21H2,1-4H3,(H,36,42)(H,33,35,37)/t29-/m1/s1. The lowest BCUT2D eigenvalue weighted by Crippen LogP contribution is -2.54. The number of hydrogen-bond acceptors (Lipinski definition) is 9. The van der Waals surface area contributed by atoms with E-state index in [0.717, 1.165) is 97.9 Å². The Bertz CT molecular complexity index is 1470. The van der Waals surface area contributed by atoms with E-state index >= 15 is 0 Å². The van der Waals surface area contributed by atoms with Crippen LogP contribution in [0.15, 0.2) is 42.9 Å².